The van der Waals surface area contributed by atoms with Gasteiger partial charge in [-0.3, -0.25) is 4.79 Å². The fourth-order valence-corrected chi connectivity index (χ4v) is 2.50. The normalized spacial score (nSPS) is 11.4. The van der Waals surface area contributed by atoms with Gasteiger partial charge in [-0.1, -0.05) is 29.4 Å². The van der Waals surface area contributed by atoms with Gasteiger partial charge in [0.05, 0.1) is 11.4 Å². The first kappa shape index (κ1) is 15.8. The van der Waals surface area contributed by atoms with E-state index in [4.69, 9.17) is 11.6 Å². The number of thioether (sulfide) groups is 1. The number of halogens is 1. The van der Waals surface area contributed by atoms with E-state index in [0.717, 1.165) is 5.69 Å². The fraction of sp³-hybridized carbons (Fsp3) is 0.385. The molecule has 0 aliphatic heterocycles. The molecule has 8 heteroatoms. The van der Waals surface area contributed by atoms with Gasteiger partial charge >= 0.3 is 0 Å². The molecular formula is C13H16ClN5OS. The number of benzene rings is 1. The highest BCUT2D eigenvalue weighted by molar-refractivity contribution is 7.99. The van der Waals surface area contributed by atoms with Gasteiger partial charge in [0.1, 0.15) is 0 Å². The molecule has 2 rings (SSSR count). The van der Waals surface area contributed by atoms with Crippen LogP contribution >= 0.6 is 23.4 Å². The van der Waals surface area contributed by atoms with Crippen LogP contribution in [-0.2, 0) is 4.79 Å². The van der Waals surface area contributed by atoms with Crippen molar-refractivity contribution in [3.05, 3.63) is 29.3 Å². The van der Waals surface area contributed by atoms with Crippen LogP contribution in [0, 0.1) is 0 Å². The Morgan fingerprint density at radius 1 is 1.43 bits per heavy atom. The van der Waals surface area contributed by atoms with Gasteiger partial charge in [-0.05, 0) is 49.4 Å². The summed E-state index contributed by atoms with van der Waals surface area (Å²) >= 11 is 7.24. The number of carbonyl (C=O) groups excluding carboxylic acids is 1. The second-order valence-corrected chi connectivity index (χ2v) is 6.82. The monoisotopic (exact) mass is 325 g/mol. The highest BCUT2D eigenvalue weighted by atomic mass is 35.5. The zero-order valence-corrected chi connectivity index (χ0v) is 13.6. The highest BCUT2D eigenvalue weighted by Crippen LogP contribution is 2.20. The molecule has 1 N–H and O–H groups in total. The Labute approximate surface area is 132 Å². The molecule has 0 saturated carbocycles. The molecule has 0 aliphatic rings. The van der Waals surface area contributed by atoms with E-state index in [9.17, 15) is 4.79 Å². The van der Waals surface area contributed by atoms with Gasteiger partial charge in [-0.15, -0.1) is 5.10 Å². The fourth-order valence-electron chi connectivity index (χ4n) is 1.62. The van der Waals surface area contributed by atoms with Crippen LogP contribution in [0.2, 0.25) is 5.02 Å². The van der Waals surface area contributed by atoms with Crippen molar-refractivity contribution < 1.29 is 4.79 Å². The SMILES string of the molecule is CC(C)(C)NC(=O)CSc1nnnn1-c1cccc(Cl)c1. The minimum atomic E-state index is -0.253. The average molecular weight is 326 g/mol. The number of aromatic nitrogens is 4. The van der Waals surface area contributed by atoms with Crippen molar-refractivity contribution >= 4 is 29.3 Å². The molecule has 112 valence electrons. The van der Waals surface area contributed by atoms with Crippen LogP contribution < -0.4 is 5.32 Å². The van der Waals surface area contributed by atoms with E-state index < -0.39 is 0 Å². The van der Waals surface area contributed by atoms with Crippen LogP contribution in [0.5, 0.6) is 0 Å². The number of tetrazole rings is 1. The van der Waals surface area contributed by atoms with Crippen LogP contribution in [0.15, 0.2) is 29.4 Å². The van der Waals surface area contributed by atoms with E-state index >= 15 is 0 Å². The molecule has 0 radical (unpaired) electrons. The number of rotatable bonds is 4. The molecule has 1 amide bonds. The lowest BCUT2D eigenvalue weighted by atomic mass is 10.1. The zero-order chi connectivity index (χ0) is 15.5. The Morgan fingerprint density at radius 2 is 2.19 bits per heavy atom. The third-order valence-electron chi connectivity index (χ3n) is 2.34. The van der Waals surface area contributed by atoms with Crippen LogP contribution in [0.1, 0.15) is 20.8 Å². The van der Waals surface area contributed by atoms with Gasteiger partial charge in [-0.25, -0.2) is 0 Å². The number of hydrogen-bond donors (Lipinski definition) is 1. The summed E-state index contributed by atoms with van der Waals surface area (Å²) in [6.45, 7) is 5.81. The molecule has 1 heterocycles. The summed E-state index contributed by atoms with van der Waals surface area (Å²) in [5.41, 5.74) is 0.502. The summed E-state index contributed by atoms with van der Waals surface area (Å²) in [5, 5.41) is 15.5. The maximum absolute atomic E-state index is 11.8. The molecule has 1 aromatic carbocycles. The molecule has 21 heavy (non-hydrogen) atoms. The third kappa shape index (κ3) is 4.71. The summed E-state index contributed by atoms with van der Waals surface area (Å²) in [4.78, 5) is 11.8. The Hall–Kier alpha value is -1.60. The summed E-state index contributed by atoms with van der Waals surface area (Å²) in [5.74, 6) is 0.186. The van der Waals surface area contributed by atoms with E-state index in [1.54, 1.807) is 16.8 Å². The molecule has 0 unspecified atom stereocenters. The maximum Gasteiger partial charge on any atom is 0.230 e. The van der Waals surface area contributed by atoms with Gasteiger partial charge in [0, 0.05) is 10.6 Å². The molecule has 6 nitrogen and oxygen atoms in total. The van der Waals surface area contributed by atoms with E-state index in [-0.39, 0.29) is 17.2 Å². The smallest absolute Gasteiger partial charge is 0.230 e. The van der Waals surface area contributed by atoms with Crippen molar-refractivity contribution in [3.8, 4) is 5.69 Å². The number of nitrogens with zero attached hydrogens (tertiary/aromatic N) is 4. The number of carbonyl (C=O) groups is 1. The lowest BCUT2D eigenvalue weighted by Gasteiger charge is -2.20. The predicted octanol–water partition coefficient (Wildman–Crippen LogP) is 2.32. The van der Waals surface area contributed by atoms with E-state index in [2.05, 4.69) is 20.8 Å². The van der Waals surface area contributed by atoms with Crippen molar-refractivity contribution in [1.82, 2.24) is 25.5 Å². The Balaban J connectivity index is 2.06. The molecule has 1 aromatic heterocycles. The third-order valence-corrected chi connectivity index (χ3v) is 3.49. The summed E-state index contributed by atoms with van der Waals surface area (Å²) in [7, 11) is 0. The topological polar surface area (TPSA) is 72.7 Å². The van der Waals surface area contributed by atoms with Crippen LogP contribution in [0.25, 0.3) is 5.69 Å². The molecular weight excluding hydrogens is 310 g/mol. The molecule has 0 atom stereocenters. The van der Waals surface area contributed by atoms with Gasteiger partial charge < -0.3 is 5.32 Å². The molecule has 0 saturated heterocycles. The van der Waals surface area contributed by atoms with Crippen molar-refractivity contribution in [1.29, 1.82) is 0 Å². The van der Waals surface area contributed by atoms with Crippen molar-refractivity contribution in [2.24, 2.45) is 0 Å². The molecule has 0 spiro atoms. The molecule has 0 aliphatic carbocycles. The van der Waals surface area contributed by atoms with Crippen molar-refractivity contribution in [2.75, 3.05) is 5.75 Å². The maximum atomic E-state index is 11.8. The van der Waals surface area contributed by atoms with Crippen molar-refractivity contribution in [2.45, 2.75) is 31.5 Å². The average Bonchev–Trinajstić information content (AvgIpc) is 2.82. The van der Waals surface area contributed by atoms with Gasteiger partial charge in [0.2, 0.25) is 11.1 Å². The Morgan fingerprint density at radius 3 is 2.86 bits per heavy atom. The zero-order valence-electron chi connectivity index (χ0n) is 12.0. The molecule has 0 bridgehead atoms. The van der Waals surface area contributed by atoms with Crippen molar-refractivity contribution in [3.63, 3.8) is 0 Å². The number of hydrogen-bond acceptors (Lipinski definition) is 5. The van der Waals surface area contributed by atoms with Crippen LogP contribution in [0.4, 0.5) is 0 Å². The second kappa shape index (κ2) is 6.44. The van der Waals surface area contributed by atoms with E-state index in [1.807, 2.05) is 32.9 Å². The standard InChI is InChI=1S/C13H16ClN5OS/c1-13(2,3)15-11(20)8-21-12-16-17-18-19(12)10-6-4-5-9(14)7-10/h4-7H,8H2,1-3H3,(H,15,20). The lowest BCUT2D eigenvalue weighted by molar-refractivity contribution is -0.119. The highest BCUT2D eigenvalue weighted by Gasteiger charge is 2.16. The first-order chi connectivity index (χ1) is 9.85. The minimum absolute atomic E-state index is 0.0619. The van der Waals surface area contributed by atoms with Crippen LogP contribution in [-0.4, -0.2) is 37.4 Å². The lowest BCUT2D eigenvalue weighted by Crippen LogP contribution is -2.41. The Kier molecular flexibility index (Phi) is 4.84. The number of amides is 1. The molecule has 0 fully saturated rings. The number of nitrogens with one attached hydrogen (secondary N) is 1. The molecule has 2 aromatic rings. The van der Waals surface area contributed by atoms with E-state index in [1.165, 1.54) is 11.8 Å². The summed E-state index contributed by atoms with van der Waals surface area (Å²) in [6.07, 6.45) is 0. The quantitative estimate of drug-likeness (QED) is 0.873. The Bertz CT molecular complexity index is 637. The van der Waals surface area contributed by atoms with Crippen LogP contribution in [0.3, 0.4) is 0 Å². The van der Waals surface area contributed by atoms with Gasteiger partial charge in [-0.2, -0.15) is 4.68 Å². The minimum Gasteiger partial charge on any atom is -0.351 e. The summed E-state index contributed by atoms with van der Waals surface area (Å²) in [6, 6.07) is 7.21. The first-order valence-electron chi connectivity index (χ1n) is 6.33. The van der Waals surface area contributed by atoms with Gasteiger partial charge in [0.25, 0.3) is 0 Å². The van der Waals surface area contributed by atoms with Gasteiger partial charge in [0.15, 0.2) is 0 Å². The first-order valence-corrected chi connectivity index (χ1v) is 7.70. The van der Waals surface area contributed by atoms with E-state index in [0.29, 0.717) is 10.2 Å². The largest absolute Gasteiger partial charge is 0.351 e. The second-order valence-electron chi connectivity index (χ2n) is 5.44. The predicted molar refractivity (Wildman–Crippen MR) is 82.8 cm³/mol. The summed E-state index contributed by atoms with van der Waals surface area (Å²) < 4.78 is 1.56.